The zero-order chi connectivity index (χ0) is 10.7. The van der Waals surface area contributed by atoms with E-state index in [1.165, 1.54) is 18.9 Å². The van der Waals surface area contributed by atoms with Gasteiger partial charge in [-0.05, 0) is 37.3 Å². The Labute approximate surface area is 90.5 Å². The largest absolute Gasteiger partial charge is 0.325 e. The molecule has 0 amide bonds. The van der Waals surface area contributed by atoms with Crippen LogP contribution in [0.5, 0.6) is 0 Å². The van der Waals surface area contributed by atoms with E-state index < -0.39 is 0 Å². The highest BCUT2D eigenvalue weighted by Gasteiger charge is 2.28. The molecule has 0 saturated heterocycles. The van der Waals surface area contributed by atoms with Gasteiger partial charge in [-0.15, -0.1) is 0 Å². The van der Waals surface area contributed by atoms with Crippen LogP contribution < -0.4 is 5.73 Å². The first kappa shape index (κ1) is 10.6. The molecule has 1 aliphatic rings. The molecule has 0 unspecified atom stereocenters. The first-order valence-electron chi connectivity index (χ1n) is 5.72. The number of aryl methyl sites for hydroxylation is 1. The summed E-state index contributed by atoms with van der Waals surface area (Å²) in [5, 5.41) is 0. The average molecular weight is 207 g/mol. The van der Waals surface area contributed by atoms with E-state index in [2.05, 4.69) is 0 Å². The maximum Gasteiger partial charge on any atom is 0.126 e. The second kappa shape index (κ2) is 4.31. The molecule has 0 radical (unpaired) electrons. The summed E-state index contributed by atoms with van der Waals surface area (Å²) in [5.41, 5.74) is 7.01. The van der Waals surface area contributed by atoms with Gasteiger partial charge in [0, 0.05) is 5.54 Å². The highest BCUT2D eigenvalue weighted by atomic mass is 19.1. The van der Waals surface area contributed by atoms with Crippen LogP contribution in [0.15, 0.2) is 24.3 Å². The van der Waals surface area contributed by atoms with Crippen LogP contribution in [0, 0.1) is 5.82 Å². The predicted octanol–water partition coefficient (Wildman–Crippen LogP) is 3.03. The lowest BCUT2D eigenvalue weighted by molar-refractivity contribution is 0.403. The van der Waals surface area contributed by atoms with Crippen molar-refractivity contribution in [1.82, 2.24) is 0 Å². The van der Waals surface area contributed by atoms with Gasteiger partial charge in [0.1, 0.15) is 5.82 Å². The van der Waals surface area contributed by atoms with E-state index in [4.69, 9.17) is 5.73 Å². The van der Waals surface area contributed by atoms with Crippen LogP contribution in [0.4, 0.5) is 4.39 Å². The van der Waals surface area contributed by atoms with E-state index in [0.29, 0.717) is 0 Å². The molecule has 0 aliphatic heterocycles. The van der Waals surface area contributed by atoms with Crippen molar-refractivity contribution >= 4 is 0 Å². The van der Waals surface area contributed by atoms with Gasteiger partial charge in [-0.2, -0.15) is 0 Å². The molecule has 0 bridgehead atoms. The van der Waals surface area contributed by atoms with E-state index in [-0.39, 0.29) is 11.4 Å². The van der Waals surface area contributed by atoms with Gasteiger partial charge in [0.15, 0.2) is 0 Å². The summed E-state index contributed by atoms with van der Waals surface area (Å²) in [6.45, 7) is 0. The minimum atomic E-state index is -0.0981. The van der Waals surface area contributed by atoms with E-state index >= 15 is 0 Å². The zero-order valence-electron chi connectivity index (χ0n) is 9.01. The molecule has 1 aromatic carbocycles. The summed E-state index contributed by atoms with van der Waals surface area (Å²) in [6, 6.07) is 6.99. The molecular formula is C13H18FN. The quantitative estimate of drug-likeness (QED) is 0.810. The van der Waals surface area contributed by atoms with Gasteiger partial charge in [0.2, 0.25) is 0 Å². The minimum Gasteiger partial charge on any atom is -0.325 e. The van der Waals surface area contributed by atoms with Crippen molar-refractivity contribution in [3.05, 3.63) is 35.6 Å². The number of hydrogen-bond donors (Lipinski definition) is 1. The highest BCUT2D eigenvalue weighted by Crippen LogP contribution is 2.31. The summed E-state index contributed by atoms with van der Waals surface area (Å²) in [6.07, 6.45) is 6.33. The molecule has 0 spiro atoms. The monoisotopic (exact) mass is 207 g/mol. The predicted molar refractivity (Wildman–Crippen MR) is 60.1 cm³/mol. The molecule has 0 atom stereocenters. The van der Waals surface area contributed by atoms with Crippen LogP contribution in [0.1, 0.15) is 37.7 Å². The Kier molecular flexibility index (Phi) is 3.06. The van der Waals surface area contributed by atoms with Crippen LogP contribution >= 0.6 is 0 Å². The van der Waals surface area contributed by atoms with Gasteiger partial charge in [0.05, 0.1) is 0 Å². The smallest absolute Gasteiger partial charge is 0.126 e. The van der Waals surface area contributed by atoms with Gasteiger partial charge in [-0.3, -0.25) is 0 Å². The number of rotatable bonds is 3. The zero-order valence-corrected chi connectivity index (χ0v) is 9.01. The Bertz CT molecular complexity index is 329. The molecule has 0 heterocycles. The second-order valence-corrected chi connectivity index (χ2v) is 4.66. The lowest BCUT2D eigenvalue weighted by atomic mass is 9.91. The minimum absolute atomic E-state index is 0.0255. The highest BCUT2D eigenvalue weighted by molar-refractivity contribution is 5.17. The van der Waals surface area contributed by atoms with Crippen molar-refractivity contribution in [3.8, 4) is 0 Å². The van der Waals surface area contributed by atoms with E-state index in [9.17, 15) is 4.39 Å². The van der Waals surface area contributed by atoms with Crippen molar-refractivity contribution in [2.75, 3.05) is 0 Å². The van der Waals surface area contributed by atoms with Crippen molar-refractivity contribution < 1.29 is 4.39 Å². The third-order valence-corrected chi connectivity index (χ3v) is 3.45. The topological polar surface area (TPSA) is 26.0 Å². The Morgan fingerprint density at radius 2 is 1.87 bits per heavy atom. The molecular weight excluding hydrogens is 189 g/mol. The summed E-state index contributed by atoms with van der Waals surface area (Å²) in [7, 11) is 0. The third kappa shape index (κ3) is 2.57. The first-order chi connectivity index (χ1) is 7.20. The standard InChI is InChI=1S/C13H18FN/c14-12-6-2-1-5-11(12)7-10-13(15)8-3-4-9-13/h1-2,5-6H,3-4,7-10,15H2. The molecule has 2 N–H and O–H groups in total. The average Bonchev–Trinajstić information content (AvgIpc) is 2.65. The Balaban J connectivity index is 1.95. The van der Waals surface area contributed by atoms with Crippen LogP contribution in [-0.4, -0.2) is 5.54 Å². The van der Waals surface area contributed by atoms with E-state index in [1.54, 1.807) is 6.07 Å². The van der Waals surface area contributed by atoms with Crippen LogP contribution in [0.25, 0.3) is 0 Å². The molecule has 1 aliphatic carbocycles. The Morgan fingerprint density at radius 1 is 1.20 bits per heavy atom. The third-order valence-electron chi connectivity index (χ3n) is 3.45. The summed E-state index contributed by atoms with van der Waals surface area (Å²) in [5.74, 6) is -0.0981. The number of hydrogen-bond acceptors (Lipinski definition) is 1. The van der Waals surface area contributed by atoms with Gasteiger partial charge in [-0.1, -0.05) is 31.0 Å². The molecule has 2 heteroatoms. The van der Waals surface area contributed by atoms with Crippen molar-refractivity contribution in [1.29, 1.82) is 0 Å². The fourth-order valence-electron chi connectivity index (χ4n) is 2.41. The van der Waals surface area contributed by atoms with Gasteiger partial charge < -0.3 is 5.73 Å². The number of benzene rings is 1. The summed E-state index contributed by atoms with van der Waals surface area (Å²) < 4.78 is 13.3. The SMILES string of the molecule is NC1(CCc2ccccc2F)CCCC1. The van der Waals surface area contributed by atoms with Crippen molar-refractivity contribution in [2.45, 2.75) is 44.1 Å². The molecule has 1 aromatic rings. The Hall–Kier alpha value is -0.890. The molecule has 0 aromatic heterocycles. The maximum absolute atomic E-state index is 13.3. The normalized spacial score (nSPS) is 19.3. The lowest BCUT2D eigenvalue weighted by Crippen LogP contribution is -2.36. The summed E-state index contributed by atoms with van der Waals surface area (Å²) in [4.78, 5) is 0. The summed E-state index contributed by atoms with van der Waals surface area (Å²) >= 11 is 0. The fraction of sp³-hybridized carbons (Fsp3) is 0.538. The Morgan fingerprint density at radius 3 is 2.53 bits per heavy atom. The second-order valence-electron chi connectivity index (χ2n) is 4.66. The molecule has 15 heavy (non-hydrogen) atoms. The number of nitrogens with two attached hydrogens (primary N) is 1. The first-order valence-corrected chi connectivity index (χ1v) is 5.72. The molecule has 82 valence electrons. The molecule has 2 rings (SSSR count). The van der Waals surface area contributed by atoms with E-state index in [0.717, 1.165) is 31.2 Å². The van der Waals surface area contributed by atoms with Crippen LogP contribution in [-0.2, 0) is 6.42 Å². The molecule has 1 nitrogen and oxygen atoms in total. The molecule has 1 saturated carbocycles. The molecule has 1 fully saturated rings. The van der Waals surface area contributed by atoms with Crippen molar-refractivity contribution in [3.63, 3.8) is 0 Å². The van der Waals surface area contributed by atoms with Crippen LogP contribution in [0.3, 0.4) is 0 Å². The lowest BCUT2D eigenvalue weighted by Gasteiger charge is -2.23. The van der Waals surface area contributed by atoms with Gasteiger partial charge >= 0.3 is 0 Å². The van der Waals surface area contributed by atoms with Gasteiger partial charge in [-0.25, -0.2) is 4.39 Å². The van der Waals surface area contributed by atoms with E-state index in [1.807, 2.05) is 12.1 Å². The van der Waals surface area contributed by atoms with Crippen LogP contribution in [0.2, 0.25) is 0 Å². The maximum atomic E-state index is 13.3. The fourth-order valence-corrected chi connectivity index (χ4v) is 2.41. The van der Waals surface area contributed by atoms with Crippen molar-refractivity contribution in [2.24, 2.45) is 5.73 Å². The van der Waals surface area contributed by atoms with Gasteiger partial charge in [0.25, 0.3) is 0 Å². The number of halogens is 1.